The van der Waals surface area contributed by atoms with Gasteiger partial charge in [-0.25, -0.2) is 12.8 Å². The Bertz CT molecular complexity index is 1580. The number of nitrogens with one attached hydrogen (secondary N) is 1. The molecule has 3 aliphatic heterocycles. The van der Waals surface area contributed by atoms with Crippen molar-refractivity contribution in [2.75, 3.05) is 26.2 Å². The fourth-order valence-corrected chi connectivity index (χ4v) is 7.07. The number of carbonyl (C=O) groups excluding carboxylic acids is 2. The van der Waals surface area contributed by atoms with E-state index in [9.17, 15) is 27.5 Å². The van der Waals surface area contributed by atoms with Crippen LogP contribution in [0.1, 0.15) is 65.2 Å². The molecule has 2 N–H and O–H groups in total. The van der Waals surface area contributed by atoms with Gasteiger partial charge in [0.05, 0.1) is 10.6 Å². The fraction of sp³-hybridized carbons (Fsp3) is 0.433. The summed E-state index contributed by atoms with van der Waals surface area (Å²) in [6.07, 6.45) is 2.99. The van der Waals surface area contributed by atoms with Crippen molar-refractivity contribution in [1.29, 1.82) is 0 Å². The van der Waals surface area contributed by atoms with Gasteiger partial charge in [0.15, 0.2) is 0 Å². The van der Waals surface area contributed by atoms with Crippen LogP contribution in [0.3, 0.4) is 0 Å². The number of aliphatic hydroxyl groups is 1. The van der Waals surface area contributed by atoms with E-state index in [-0.39, 0.29) is 48.6 Å². The highest BCUT2D eigenvalue weighted by Crippen LogP contribution is 2.33. The van der Waals surface area contributed by atoms with Crippen LogP contribution in [0.25, 0.3) is 6.08 Å². The van der Waals surface area contributed by atoms with Crippen LogP contribution >= 0.6 is 11.6 Å². The minimum absolute atomic E-state index is 0.0815. The standard InChI is InChI=1S/C30H34ClFN4O5S/c1-19-16-22(27(37)35-11-7-29(3,39)8-12-35)17-20(2)23(19)6-15-42(40,41)36-13-9-30(10-14-36)28(38)33-26(34-30)21-4-5-25(32)24(31)18-21/h4-6,15-18,39H,7-14H2,1-3H3,(H,33,34,38). The molecule has 2 fully saturated rings. The van der Waals surface area contributed by atoms with Gasteiger partial charge in [-0.1, -0.05) is 11.6 Å². The molecule has 2 amide bonds. The average molecular weight is 617 g/mol. The molecule has 3 heterocycles. The van der Waals surface area contributed by atoms with Crippen LogP contribution in [0, 0.1) is 19.7 Å². The van der Waals surface area contributed by atoms with Crippen molar-refractivity contribution in [3.63, 3.8) is 0 Å². The maximum Gasteiger partial charge on any atom is 0.253 e. The summed E-state index contributed by atoms with van der Waals surface area (Å²) in [5.74, 6) is -0.708. The lowest BCUT2D eigenvalue weighted by atomic mass is 9.89. The van der Waals surface area contributed by atoms with E-state index in [1.807, 2.05) is 13.8 Å². The molecule has 0 bridgehead atoms. The molecule has 2 aromatic carbocycles. The van der Waals surface area contributed by atoms with Crippen molar-refractivity contribution in [3.05, 3.63) is 74.4 Å². The highest BCUT2D eigenvalue weighted by molar-refractivity contribution is 7.92. The van der Waals surface area contributed by atoms with Crippen molar-refractivity contribution in [2.24, 2.45) is 4.99 Å². The van der Waals surface area contributed by atoms with Crippen molar-refractivity contribution in [3.8, 4) is 0 Å². The molecule has 0 aliphatic carbocycles. The Morgan fingerprint density at radius 2 is 1.69 bits per heavy atom. The number of aryl methyl sites for hydroxylation is 2. The number of carbonyl (C=O) groups is 2. The van der Waals surface area contributed by atoms with Crippen molar-refractivity contribution < 1.29 is 27.5 Å². The molecule has 0 unspecified atom stereocenters. The summed E-state index contributed by atoms with van der Waals surface area (Å²) >= 11 is 5.88. The molecule has 12 heteroatoms. The molecule has 1 spiro atoms. The third-order valence-corrected chi connectivity index (χ3v) is 10.3. The third-order valence-electron chi connectivity index (χ3n) is 8.46. The predicted octanol–water partition coefficient (Wildman–Crippen LogP) is 3.79. The van der Waals surface area contributed by atoms with Crippen LogP contribution in [0.4, 0.5) is 4.39 Å². The van der Waals surface area contributed by atoms with Crippen molar-refractivity contribution in [2.45, 2.75) is 57.6 Å². The van der Waals surface area contributed by atoms with Gasteiger partial charge < -0.3 is 15.3 Å². The van der Waals surface area contributed by atoms with E-state index < -0.39 is 27.0 Å². The minimum atomic E-state index is -3.79. The van der Waals surface area contributed by atoms with Gasteiger partial charge in [-0.2, -0.15) is 4.31 Å². The van der Waals surface area contributed by atoms with Gasteiger partial charge in [0.25, 0.3) is 11.8 Å². The molecule has 0 atom stereocenters. The number of amidine groups is 1. The summed E-state index contributed by atoms with van der Waals surface area (Å²) in [5, 5.41) is 14.0. The normalized spacial score (nSPS) is 20.7. The Kier molecular flexibility index (Phi) is 8.08. The van der Waals surface area contributed by atoms with Crippen molar-refractivity contribution in [1.82, 2.24) is 14.5 Å². The van der Waals surface area contributed by atoms with Crippen LogP contribution in [0.2, 0.25) is 5.02 Å². The van der Waals surface area contributed by atoms with E-state index in [0.29, 0.717) is 42.6 Å². The van der Waals surface area contributed by atoms with Gasteiger partial charge in [0, 0.05) is 42.7 Å². The van der Waals surface area contributed by atoms with Gasteiger partial charge in [0.1, 0.15) is 17.2 Å². The molecule has 0 radical (unpaired) electrons. The van der Waals surface area contributed by atoms with E-state index in [0.717, 1.165) is 11.1 Å². The number of halogens is 2. The fourth-order valence-electron chi connectivity index (χ4n) is 5.72. The van der Waals surface area contributed by atoms with E-state index >= 15 is 0 Å². The molecule has 3 aliphatic rings. The Morgan fingerprint density at radius 1 is 1.07 bits per heavy atom. The van der Waals surface area contributed by atoms with E-state index in [1.165, 1.54) is 27.9 Å². The first-order chi connectivity index (χ1) is 19.7. The number of sulfonamides is 1. The number of rotatable bonds is 5. The second-order valence-corrected chi connectivity index (χ2v) is 13.9. The number of aliphatic imine (C=N–C) groups is 1. The van der Waals surface area contributed by atoms with Crippen LogP contribution in [0.15, 0.2) is 40.7 Å². The first-order valence-corrected chi connectivity index (χ1v) is 15.8. The lowest BCUT2D eigenvalue weighted by Gasteiger charge is -2.36. The molecule has 0 aromatic heterocycles. The Labute approximate surface area is 250 Å². The Morgan fingerprint density at radius 3 is 2.29 bits per heavy atom. The van der Waals surface area contributed by atoms with Crippen LogP contribution in [0.5, 0.6) is 0 Å². The largest absolute Gasteiger partial charge is 0.390 e. The van der Waals surface area contributed by atoms with Gasteiger partial charge in [-0.05, 0) is 99.6 Å². The molecule has 0 saturated carbocycles. The van der Waals surface area contributed by atoms with Gasteiger partial charge in [-0.3, -0.25) is 14.6 Å². The van der Waals surface area contributed by atoms with E-state index in [4.69, 9.17) is 11.6 Å². The summed E-state index contributed by atoms with van der Waals surface area (Å²) in [5.41, 5.74) is 1.43. The number of likely N-dealkylation sites (tertiary alicyclic amines) is 1. The number of nitrogens with zero attached hydrogens (tertiary/aromatic N) is 3. The summed E-state index contributed by atoms with van der Waals surface area (Å²) < 4.78 is 41.4. The number of hydrogen-bond donors (Lipinski definition) is 2. The van der Waals surface area contributed by atoms with Crippen molar-refractivity contribution >= 4 is 45.4 Å². The molecule has 42 heavy (non-hydrogen) atoms. The average Bonchev–Trinajstić information content (AvgIpc) is 3.24. The van der Waals surface area contributed by atoms with Crippen LogP contribution < -0.4 is 5.32 Å². The third kappa shape index (κ3) is 6.01. The second kappa shape index (κ2) is 11.2. The number of piperidine rings is 2. The van der Waals surface area contributed by atoms with E-state index in [1.54, 1.807) is 30.0 Å². The lowest BCUT2D eigenvalue weighted by molar-refractivity contribution is -0.124. The van der Waals surface area contributed by atoms with Crippen LogP contribution in [-0.2, 0) is 14.8 Å². The maximum atomic E-state index is 13.6. The monoisotopic (exact) mass is 616 g/mol. The maximum absolute atomic E-state index is 13.6. The number of hydrogen-bond acceptors (Lipinski definition) is 6. The second-order valence-electron chi connectivity index (χ2n) is 11.6. The minimum Gasteiger partial charge on any atom is -0.390 e. The zero-order valence-corrected chi connectivity index (χ0v) is 25.4. The zero-order valence-electron chi connectivity index (χ0n) is 23.8. The highest BCUT2D eigenvalue weighted by Gasteiger charge is 2.47. The van der Waals surface area contributed by atoms with Gasteiger partial charge >= 0.3 is 0 Å². The molecule has 224 valence electrons. The molecular formula is C30H34ClFN4O5S. The van der Waals surface area contributed by atoms with Gasteiger partial charge in [0.2, 0.25) is 10.0 Å². The summed E-state index contributed by atoms with van der Waals surface area (Å²) in [6, 6.07) is 7.61. The first kappa shape index (κ1) is 30.3. The smallest absolute Gasteiger partial charge is 0.253 e. The SMILES string of the molecule is Cc1cc(C(=O)N2CCC(C)(O)CC2)cc(C)c1C=CS(=O)(=O)N1CCC2(CC1)N=C(c1ccc(F)c(Cl)c1)NC2=O. The highest BCUT2D eigenvalue weighted by atomic mass is 35.5. The molecule has 2 aromatic rings. The summed E-state index contributed by atoms with van der Waals surface area (Å²) in [7, 11) is -3.79. The predicted molar refractivity (Wildman–Crippen MR) is 159 cm³/mol. The molecule has 2 saturated heterocycles. The van der Waals surface area contributed by atoms with Gasteiger partial charge in [-0.15, -0.1) is 0 Å². The molecule has 9 nitrogen and oxygen atoms in total. The molecular weight excluding hydrogens is 583 g/mol. The summed E-state index contributed by atoms with van der Waals surface area (Å²) in [6.45, 7) is 6.63. The summed E-state index contributed by atoms with van der Waals surface area (Å²) in [4.78, 5) is 32.3. The first-order valence-electron chi connectivity index (χ1n) is 13.9. The Hall–Kier alpha value is -3.12. The topological polar surface area (TPSA) is 119 Å². The Balaban J connectivity index is 1.26. The zero-order chi connectivity index (χ0) is 30.4. The van der Waals surface area contributed by atoms with E-state index in [2.05, 4.69) is 10.3 Å². The quantitative estimate of drug-likeness (QED) is 0.530. The number of amides is 2. The van der Waals surface area contributed by atoms with Crippen LogP contribution in [-0.4, -0.2) is 77.7 Å². The lowest BCUT2D eigenvalue weighted by Crippen LogP contribution is -2.50. The number of benzene rings is 2. The molecule has 5 rings (SSSR count).